The van der Waals surface area contributed by atoms with Gasteiger partial charge < -0.3 is 4.74 Å². The van der Waals surface area contributed by atoms with Gasteiger partial charge in [-0.1, -0.05) is 29.8 Å². The van der Waals surface area contributed by atoms with Crippen molar-refractivity contribution >= 4 is 5.78 Å². The van der Waals surface area contributed by atoms with Gasteiger partial charge in [0, 0.05) is 18.2 Å². The molecule has 0 saturated carbocycles. The minimum Gasteiger partial charge on any atom is -0.492 e. The lowest BCUT2D eigenvalue weighted by Crippen LogP contribution is -2.05. The first-order valence-electron chi connectivity index (χ1n) is 6.35. The molecule has 0 bridgehead atoms. The van der Waals surface area contributed by atoms with Crippen LogP contribution in [0.2, 0.25) is 0 Å². The molecule has 0 unspecified atom stereocenters. The van der Waals surface area contributed by atoms with E-state index in [2.05, 4.69) is 4.98 Å². The Kier molecular flexibility index (Phi) is 4.29. The lowest BCUT2D eigenvalue weighted by Gasteiger charge is -2.05. The number of rotatable bonds is 5. The molecule has 0 aliphatic rings. The van der Waals surface area contributed by atoms with Gasteiger partial charge in [-0.05, 0) is 25.5 Å². The highest BCUT2D eigenvalue weighted by Gasteiger charge is 2.09. The molecule has 0 radical (unpaired) electrons. The van der Waals surface area contributed by atoms with Gasteiger partial charge in [-0.25, -0.2) is 0 Å². The summed E-state index contributed by atoms with van der Waals surface area (Å²) in [6.45, 7) is 4.49. The number of hydrogen-bond acceptors (Lipinski definition) is 3. The van der Waals surface area contributed by atoms with Crippen LogP contribution in [0.15, 0.2) is 42.7 Å². The van der Waals surface area contributed by atoms with E-state index in [-0.39, 0.29) is 5.78 Å². The molecule has 0 spiro atoms. The van der Waals surface area contributed by atoms with Crippen LogP contribution in [-0.4, -0.2) is 17.4 Å². The minimum absolute atomic E-state index is 0.0552. The van der Waals surface area contributed by atoms with Crippen molar-refractivity contribution in [1.82, 2.24) is 4.98 Å². The number of hydrogen-bond donors (Lipinski definition) is 0. The fourth-order valence-corrected chi connectivity index (χ4v) is 1.93. The van der Waals surface area contributed by atoms with Gasteiger partial charge in [-0.2, -0.15) is 0 Å². The van der Waals surface area contributed by atoms with Crippen LogP contribution in [-0.2, 0) is 6.42 Å². The molecule has 0 saturated heterocycles. The molecule has 3 nitrogen and oxygen atoms in total. The summed E-state index contributed by atoms with van der Waals surface area (Å²) in [5.41, 5.74) is 2.77. The lowest BCUT2D eigenvalue weighted by atomic mass is 10.0. The van der Waals surface area contributed by atoms with Gasteiger partial charge >= 0.3 is 0 Å². The predicted molar refractivity (Wildman–Crippen MR) is 74.6 cm³/mol. The summed E-state index contributed by atoms with van der Waals surface area (Å²) < 4.78 is 5.35. The van der Waals surface area contributed by atoms with Gasteiger partial charge in [0.2, 0.25) is 0 Å². The second kappa shape index (κ2) is 6.14. The summed E-state index contributed by atoms with van der Waals surface area (Å²) in [5.74, 6) is 0.692. The summed E-state index contributed by atoms with van der Waals surface area (Å²) in [4.78, 5) is 16.2. The number of benzene rings is 1. The molecule has 1 aromatic heterocycles. The Balaban J connectivity index is 2.13. The van der Waals surface area contributed by atoms with Gasteiger partial charge in [0.15, 0.2) is 5.78 Å². The molecular formula is C16H17NO2. The van der Waals surface area contributed by atoms with Crippen LogP contribution in [0.25, 0.3) is 0 Å². The molecule has 0 aliphatic heterocycles. The Morgan fingerprint density at radius 3 is 2.84 bits per heavy atom. The van der Waals surface area contributed by atoms with Crippen molar-refractivity contribution < 1.29 is 9.53 Å². The molecule has 0 aliphatic carbocycles. The summed E-state index contributed by atoms with van der Waals surface area (Å²) in [5, 5.41) is 0. The van der Waals surface area contributed by atoms with Gasteiger partial charge in [0.1, 0.15) is 5.75 Å². The van der Waals surface area contributed by atoms with E-state index in [0.29, 0.717) is 24.3 Å². The summed E-state index contributed by atoms with van der Waals surface area (Å²) in [7, 11) is 0. The van der Waals surface area contributed by atoms with Crippen molar-refractivity contribution in [3.8, 4) is 5.75 Å². The summed E-state index contributed by atoms with van der Waals surface area (Å²) in [6.07, 6.45) is 3.59. The standard InChI is InChI=1S/C16H17NO2/c1-3-19-15-9-14(10-17-11-15)16(18)8-13-6-4-5-12(2)7-13/h4-7,9-11H,3,8H2,1-2H3. The molecule has 1 heterocycles. The predicted octanol–water partition coefficient (Wildman–Crippen LogP) is 3.21. The Morgan fingerprint density at radius 1 is 1.26 bits per heavy atom. The first-order valence-corrected chi connectivity index (χ1v) is 6.35. The molecule has 98 valence electrons. The molecule has 3 heteroatoms. The van der Waals surface area contributed by atoms with Crippen LogP contribution in [0, 0.1) is 6.92 Å². The van der Waals surface area contributed by atoms with E-state index in [4.69, 9.17) is 4.74 Å². The molecular weight excluding hydrogens is 238 g/mol. The third kappa shape index (κ3) is 3.65. The number of carbonyl (C=O) groups is 1. The monoisotopic (exact) mass is 255 g/mol. The maximum Gasteiger partial charge on any atom is 0.168 e. The van der Waals surface area contributed by atoms with Crippen molar-refractivity contribution in [3.63, 3.8) is 0 Å². The first kappa shape index (κ1) is 13.3. The van der Waals surface area contributed by atoms with E-state index in [9.17, 15) is 4.79 Å². The van der Waals surface area contributed by atoms with E-state index in [1.807, 2.05) is 38.1 Å². The van der Waals surface area contributed by atoms with Crippen LogP contribution in [0.3, 0.4) is 0 Å². The maximum absolute atomic E-state index is 12.2. The van der Waals surface area contributed by atoms with Crippen molar-refractivity contribution in [1.29, 1.82) is 0 Å². The maximum atomic E-state index is 12.2. The van der Waals surface area contributed by atoms with Crippen LogP contribution in [0.4, 0.5) is 0 Å². The number of aryl methyl sites for hydroxylation is 1. The topological polar surface area (TPSA) is 39.2 Å². The number of ether oxygens (including phenoxy) is 1. The lowest BCUT2D eigenvalue weighted by molar-refractivity contribution is 0.0992. The number of carbonyl (C=O) groups excluding carboxylic acids is 1. The number of Topliss-reactive ketones (excluding diaryl/α,β-unsaturated/α-hetero) is 1. The number of aromatic nitrogens is 1. The van der Waals surface area contributed by atoms with Crippen molar-refractivity contribution in [2.24, 2.45) is 0 Å². The van der Waals surface area contributed by atoms with Gasteiger partial charge in [0.25, 0.3) is 0 Å². The Bertz CT molecular complexity index is 578. The Labute approximate surface area is 113 Å². The number of nitrogens with zero attached hydrogens (tertiary/aromatic N) is 1. The normalized spacial score (nSPS) is 10.2. The highest BCUT2D eigenvalue weighted by Crippen LogP contribution is 2.14. The molecule has 0 fully saturated rings. The Hall–Kier alpha value is -2.16. The molecule has 1 aromatic carbocycles. The second-order valence-electron chi connectivity index (χ2n) is 4.43. The highest BCUT2D eigenvalue weighted by molar-refractivity contribution is 5.97. The molecule has 0 N–H and O–H groups in total. The number of pyridine rings is 1. The average Bonchev–Trinajstić information content (AvgIpc) is 2.39. The van der Waals surface area contributed by atoms with E-state index in [0.717, 1.165) is 11.1 Å². The zero-order valence-electron chi connectivity index (χ0n) is 11.2. The van der Waals surface area contributed by atoms with Crippen LogP contribution in [0.5, 0.6) is 5.75 Å². The quantitative estimate of drug-likeness (QED) is 0.770. The number of ketones is 1. The SMILES string of the molecule is CCOc1cncc(C(=O)Cc2cccc(C)c2)c1. The second-order valence-corrected chi connectivity index (χ2v) is 4.43. The molecule has 19 heavy (non-hydrogen) atoms. The van der Waals surface area contributed by atoms with E-state index >= 15 is 0 Å². The molecule has 0 amide bonds. The summed E-state index contributed by atoms with van der Waals surface area (Å²) in [6, 6.07) is 9.72. The first-order chi connectivity index (χ1) is 9.19. The molecule has 2 aromatic rings. The fourth-order valence-electron chi connectivity index (χ4n) is 1.93. The third-order valence-corrected chi connectivity index (χ3v) is 2.79. The van der Waals surface area contributed by atoms with Crippen molar-refractivity contribution in [2.75, 3.05) is 6.61 Å². The third-order valence-electron chi connectivity index (χ3n) is 2.79. The fraction of sp³-hybridized carbons (Fsp3) is 0.250. The van der Waals surface area contributed by atoms with Crippen molar-refractivity contribution in [3.05, 3.63) is 59.4 Å². The molecule has 0 atom stereocenters. The van der Waals surface area contributed by atoms with E-state index in [1.165, 1.54) is 0 Å². The zero-order chi connectivity index (χ0) is 13.7. The zero-order valence-corrected chi connectivity index (χ0v) is 11.2. The van der Waals surface area contributed by atoms with E-state index in [1.54, 1.807) is 18.5 Å². The summed E-state index contributed by atoms with van der Waals surface area (Å²) >= 11 is 0. The van der Waals surface area contributed by atoms with E-state index < -0.39 is 0 Å². The molecule has 2 rings (SSSR count). The van der Waals surface area contributed by atoms with Crippen LogP contribution in [0.1, 0.15) is 28.4 Å². The van der Waals surface area contributed by atoms with Gasteiger partial charge in [0.05, 0.1) is 12.8 Å². The van der Waals surface area contributed by atoms with Crippen LogP contribution < -0.4 is 4.74 Å². The Morgan fingerprint density at radius 2 is 2.11 bits per heavy atom. The van der Waals surface area contributed by atoms with Crippen molar-refractivity contribution in [2.45, 2.75) is 20.3 Å². The minimum atomic E-state index is 0.0552. The smallest absolute Gasteiger partial charge is 0.168 e. The largest absolute Gasteiger partial charge is 0.492 e. The van der Waals surface area contributed by atoms with Gasteiger partial charge in [-0.15, -0.1) is 0 Å². The van der Waals surface area contributed by atoms with Gasteiger partial charge in [-0.3, -0.25) is 9.78 Å². The van der Waals surface area contributed by atoms with Crippen LogP contribution >= 0.6 is 0 Å². The average molecular weight is 255 g/mol. The highest BCUT2D eigenvalue weighted by atomic mass is 16.5.